The number of benzene rings is 2. The summed E-state index contributed by atoms with van der Waals surface area (Å²) in [6, 6.07) is 14.3. The van der Waals surface area contributed by atoms with Crippen LogP contribution in [-0.2, 0) is 9.59 Å². The van der Waals surface area contributed by atoms with E-state index in [4.69, 9.17) is 0 Å². The van der Waals surface area contributed by atoms with E-state index in [-0.39, 0.29) is 48.6 Å². The Hall–Kier alpha value is -3.68. The highest BCUT2D eigenvalue weighted by atomic mass is 16.2. The summed E-state index contributed by atoms with van der Waals surface area (Å²) in [4.78, 5) is 50.1. The Kier molecular flexibility index (Phi) is 10.5. The molecule has 0 radical (unpaired) electrons. The maximum atomic E-state index is 12.6. The van der Waals surface area contributed by atoms with Crippen molar-refractivity contribution >= 4 is 35.0 Å². The van der Waals surface area contributed by atoms with Gasteiger partial charge >= 0.3 is 0 Å². The van der Waals surface area contributed by atoms with Gasteiger partial charge in [0.15, 0.2) is 0 Å². The van der Waals surface area contributed by atoms with Crippen LogP contribution >= 0.6 is 0 Å². The third-order valence-corrected chi connectivity index (χ3v) is 7.51. The van der Waals surface area contributed by atoms with E-state index < -0.39 is 0 Å². The SMILES string of the molecule is O=C(CCCC(=O)Nc1cccc(C(=O)NC2CCCCC2)c1)Nc1cccc(C(=O)NC2CCCCC2)c1. The maximum absolute atomic E-state index is 12.6. The summed E-state index contributed by atoms with van der Waals surface area (Å²) < 4.78 is 0. The van der Waals surface area contributed by atoms with Crippen LogP contribution in [0.25, 0.3) is 0 Å². The number of hydrogen-bond acceptors (Lipinski definition) is 4. The van der Waals surface area contributed by atoms with Crippen molar-refractivity contribution in [3.8, 4) is 0 Å². The average molecular weight is 533 g/mol. The third-order valence-electron chi connectivity index (χ3n) is 7.51. The molecule has 8 heteroatoms. The number of amides is 4. The van der Waals surface area contributed by atoms with Crippen molar-refractivity contribution in [1.29, 1.82) is 0 Å². The van der Waals surface area contributed by atoms with Gasteiger partial charge in [0.1, 0.15) is 0 Å². The van der Waals surface area contributed by atoms with Gasteiger partial charge in [0, 0.05) is 47.4 Å². The van der Waals surface area contributed by atoms with Crippen LogP contribution in [-0.4, -0.2) is 35.7 Å². The lowest BCUT2D eigenvalue weighted by Gasteiger charge is -2.22. The highest BCUT2D eigenvalue weighted by molar-refractivity contribution is 5.98. The molecule has 0 spiro atoms. The van der Waals surface area contributed by atoms with Crippen molar-refractivity contribution in [2.75, 3.05) is 10.6 Å². The smallest absolute Gasteiger partial charge is 0.251 e. The fraction of sp³-hybridized carbons (Fsp3) is 0.484. The average Bonchev–Trinajstić information content (AvgIpc) is 2.94. The van der Waals surface area contributed by atoms with Crippen LogP contribution in [0.15, 0.2) is 48.5 Å². The molecule has 4 N–H and O–H groups in total. The first kappa shape index (κ1) is 28.3. The lowest BCUT2D eigenvalue weighted by molar-refractivity contribution is -0.117. The minimum atomic E-state index is -0.214. The van der Waals surface area contributed by atoms with E-state index in [9.17, 15) is 19.2 Å². The Morgan fingerprint density at radius 2 is 1.00 bits per heavy atom. The number of carbonyl (C=O) groups is 4. The Morgan fingerprint density at radius 1 is 0.590 bits per heavy atom. The van der Waals surface area contributed by atoms with E-state index in [1.54, 1.807) is 48.5 Å². The summed E-state index contributed by atoms with van der Waals surface area (Å²) in [5, 5.41) is 11.8. The maximum Gasteiger partial charge on any atom is 0.251 e. The number of nitrogens with one attached hydrogen (secondary N) is 4. The zero-order valence-electron chi connectivity index (χ0n) is 22.6. The van der Waals surface area contributed by atoms with Gasteiger partial charge in [-0.2, -0.15) is 0 Å². The van der Waals surface area contributed by atoms with Gasteiger partial charge in [-0.25, -0.2) is 0 Å². The Bertz CT molecular complexity index is 1060. The van der Waals surface area contributed by atoms with E-state index in [2.05, 4.69) is 21.3 Å². The fourth-order valence-corrected chi connectivity index (χ4v) is 5.36. The molecule has 0 atom stereocenters. The summed E-state index contributed by atoms with van der Waals surface area (Å²) in [7, 11) is 0. The van der Waals surface area contributed by atoms with E-state index in [1.165, 1.54) is 12.8 Å². The summed E-state index contributed by atoms with van der Waals surface area (Å²) in [6.45, 7) is 0. The van der Waals surface area contributed by atoms with Gasteiger partial charge in [-0.1, -0.05) is 50.7 Å². The minimum Gasteiger partial charge on any atom is -0.349 e. The van der Waals surface area contributed by atoms with Gasteiger partial charge in [0.2, 0.25) is 11.8 Å². The second kappa shape index (κ2) is 14.5. The van der Waals surface area contributed by atoms with Gasteiger partial charge in [-0.05, 0) is 68.5 Å². The minimum absolute atomic E-state index is 0.120. The van der Waals surface area contributed by atoms with Crippen LogP contribution in [0.2, 0.25) is 0 Å². The number of carbonyl (C=O) groups excluding carboxylic acids is 4. The predicted molar refractivity (Wildman–Crippen MR) is 153 cm³/mol. The molecule has 0 heterocycles. The van der Waals surface area contributed by atoms with Crippen LogP contribution in [0.4, 0.5) is 11.4 Å². The monoisotopic (exact) mass is 532 g/mol. The molecular weight excluding hydrogens is 492 g/mol. The Morgan fingerprint density at radius 3 is 1.41 bits per heavy atom. The van der Waals surface area contributed by atoms with Gasteiger partial charge in [-0.3, -0.25) is 19.2 Å². The molecule has 0 unspecified atom stereocenters. The van der Waals surface area contributed by atoms with Crippen LogP contribution in [0.1, 0.15) is 104 Å². The van der Waals surface area contributed by atoms with Gasteiger partial charge in [0.05, 0.1) is 0 Å². The molecule has 208 valence electrons. The number of rotatable bonds is 10. The summed E-state index contributed by atoms with van der Waals surface area (Å²) in [5.74, 6) is -0.668. The molecule has 0 saturated heterocycles. The molecule has 4 rings (SSSR count). The van der Waals surface area contributed by atoms with Crippen molar-refractivity contribution < 1.29 is 19.2 Å². The normalized spacial score (nSPS) is 16.2. The van der Waals surface area contributed by atoms with Gasteiger partial charge in [-0.15, -0.1) is 0 Å². The number of anilines is 2. The lowest BCUT2D eigenvalue weighted by Crippen LogP contribution is -2.36. The van der Waals surface area contributed by atoms with Crippen LogP contribution in [0, 0.1) is 0 Å². The molecule has 4 amide bonds. The topological polar surface area (TPSA) is 116 Å². The molecule has 2 aromatic rings. The fourth-order valence-electron chi connectivity index (χ4n) is 5.36. The van der Waals surface area contributed by atoms with Crippen molar-refractivity contribution in [3.63, 3.8) is 0 Å². The molecule has 0 bridgehead atoms. The molecule has 39 heavy (non-hydrogen) atoms. The molecular formula is C31H40N4O4. The zero-order chi connectivity index (χ0) is 27.5. The van der Waals surface area contributed by atoms with Crippen molar-refractivity contribution in [2.24, 2.45) is 0 Å². The highest BCUT2D eigenvalue weighted by Crippen LogP contribution is 2.20. The van der Waals surface area contributed by atoms with Crippen LogP contribution in [0.3, 0.4) is 0 Å². The summed E-state index contributed by atoms with van der Waals surface area (Å²) in [6.07, 6.45) is 11.8. The lowest BCUT2D eigenvalue weighted by atomic mass is 9.95. The van der Waals surface area contributed by atoms with E-state index in [0.29, 0.717) is 28.9 Å². The molecule has 2 aromatic carbocycles. The van der Waals surface area contributed by atoms with Crippen molar-refractivity contribution in [1.82, 2.24) is 10.6 Å². The standard InChI is InChI=1S/C31H40N4O4/c36-28(32-26-16-7-10-22(20-26)30(38)34-24-12-3-1-4-13-24)18-9-19-29(37)33-27-17-8-11-23(21-27)31(39)35-25-14-5-2-6-15-25/h7-8,10-11,16-17,20-21,24-25H,1-6,9,12-15,18-19H2,(H,32,36)(H,33,37)(H,34,38)(H,35,39). The largest absolute Gasteiger partial charge is 0.349 e. The molecule has 2 fully saturated rings. The molecule has 2 aliphatic rings. The second-order valence-corrected chi connectivity index (χ2v) is 10.7. The van der Waals surface area contributed by atoms with Crippen LogP contribution < -0.4 is 21.3 Å². The zero-order valence-corrected chi connectivity index (χ0v) is 22.6. The first-order valence-corrected chi connectivity index (χ1v) is 14.4. The molecule has 8 nitrogen and oxygen atoms in total. The van der Waals surface area contributed by atoms with E-state index in [1.807, 2.05) is 0 Å². The summed E-state index contributed by atoms with van der Waals surface area (Å²) in [5.41, 5.74) is 2.16. The highest BCUT2D eigenvalue weighted by Gasteiger charge is 2.18. The Balaban J connectivity index is 1.18. The summed E-state index contributed by atoms with van der Waals surface area (Å²) >= 11 is 0. The molecule has 0 aliphatic heterocycles. The van der Waals surface area contributed by atoms with E-state index in [0.717, 1.165) is 51.4 Å². The predicted octanol–water partition coefficient (Wildman–Crippen LogP) is 5.56. The van der Waals surface area contributed by atoms with Crippen LogP contribution in [0.5, 0.6) is 0 Å². The quantitative estimate of drug-likeness (QED) is 0.321. The second-order valence-electron chi connectivity index (χ2n) is 10.7. The van der Waals surface area contributed by atoms with E-state index >= 15 is 0 Å². The van der Waals surface area contributed by atoms with Crippen molar-refractivity contribution in [2.45, 2.75) is 95.6 Å². The first-order valence-electron chi connectivity index (χ1n) is 14.4. The van der Waals surface area contributed by atoms with Crippen molar-refractivity contribution in [3.05, 3.63) is 59.7 Å². The number of hydrogen-bond donors (Lipinski definition) is 4. The molecule has 2 saturated carbocycles. The Labute approximate surface area is 230 Å². The molecule has 0 aromatic heterocycles. The molecule has 2 aliphatic carbocycles. The van der Waals surface area contributed by atoms with Gasteiger partial charge in [0.25, 0.3) is 11.8 Å². The van der Waals surface area contributed by atoms with Gasteiger partial charge < -0.3 is 21.3 Å². The third kappa shape index (κ3) is 9.23. The first-order chi connectivity index (χ1) is 19.0.